The molecule has 0 aromatic carbocycles. The number of hydrogen-bond acceptors (Lipinski definition) is 3. The molecule has 2 N–H and O–H groups in total. The number of urea groups is 1. The standard InChI is InChI=1S/C12H18N4O/c1-5-6-13-11(17)16-9-7-14-10(15-8-9)12(2,3)4/h5,7-8H,1,6H2,2-4H3,(H2,13,16,17). The Hall–Kier alpha value is -1.91. The minimum Gasteiger partial charge on any atom is -0.334 e. The number of nitrogens with one attached hydrogen (secondary N) is 2. The van der Waals surface area contributed by atoms with Gasteiger partial charge in [-0.05, 0) is 0 Å². The van der Waals surface area contributed by atoms with Gasteiger partial charge < -0.3 is 10.6 Å². The molecule has 0 aliphatic heterocycles. The smallest absolute Gasteiger partial charge is 0.319 e. The van der Waals surface area contributed by atoms with Crippen molar-refractivity contribution in [2.24, 2.45) is 0 Å². The van der Waals surface area contributed by atoms with Gasteiger partial charge in [-0.2, -0.15) is 0 Å². The summed E-state index contributed by atoms with van der Waals surface area (Å²) in [4.78, 5) is 19.7. The van der Waals surface area contributed by atoms with Crippen LogP contribution >= 0.6 is 0 Å². The maximum atomic E-state index is 11.3. The second-order valence-corrected chi connectivity index (χ2v) is 4.67. The second kappa shape index (κ2) is 5.43. The molecule has 0 aliphatic rings. The van der Waals surface area contributed by atoms with E-state index >= 15 is 0 Å². The highest BCUT2D eigenvalue weighted by Gasteiger charge is 2.16. The predicted octanol–water partition coefficient (Wildman–Crippen LogP) is 2.08. The molecule has 1 aromatic rings. The largest absolute Gasteiger partial charge is 0.334 e. The molecule has 0 saturated carbocycles. The number of carbonyl (C=O) groups is 1. The zero-order valence-corrected chi connectivity index (χ0v) is 10.4. The highest BCUT2D eigenvalue weighted by Crippen LogP contribution is 2.17. The lowest BCUT2D eigenvalue weighted by Crippen LogP contribution is -2.28. The average molecular weight is 234 g/mol. The molecule has 0 unspecified atom stereocenters. The monoisotopic (exact) mass is 234 g/mol. The fourth-order valence-corrected chi connectivity index (χ4v) is 1.12. The topological polar surface area (TPSA) is 66.9 Å². The van der Waals surface area contributed by atoms with E-state index in [9.17, 15) is 4.79 Å². The first-order chi connectivity index (χ1) is 7.93. The first-order valence-corrected chi connectivity index (χ1v) is 5.42. The lowest BCUT2D eigenvalue weighted by molar-refractivity contribution is 0.253. The van der Waals surface area contributed by atoms with Gasteiger partial charge in [0.05, 0.1) is 18.1 Å². The molecule has 1 heterocycles. The van der Waals surface area contributed by atoms with E-state index in [0.717, 1.165) is 5.82 Å². The van der Waals surface area contributed by atoms with Crippen molar-refractivity contribution in [3.8, 4) is 0 Å². The maximum absolute atomic E-state index is 11.3. The number of nitrogens with zero attached hydrogens (tertiary/aromatic N) is 2. The van der Waals surface area contributed by atoms with Crippen LogP contribution in [0.15, 0.2) is 25.0 Å². The van der Waals surface area contributed by atoms with E-state index in [1.54, 1.807) is 18.5 Å². The molecule has 92 valence electrons. The van der Waals surface area contributed by atoms with Crippen LogP contribution in [0.4, 0.5) is 10.5 Å². The van der Waals surface area contributed by atoms with E-state index in [1.165, 1.54) is 0 Å². The van der Waals surface area contributed by atoms with Gasteiger partial charge in [0.2, 0.25) is 0 Å². The number of carbonyl (C=O) groups excluding carboxylic acids is 1. The summed E-state index contributed by atoms with van der Waals surface area (Å²) >= 11 is 0. The molecule has 17 heavy (non-hydrogen) atoms. The van der Waals surface area contributed by atoms with Crippen LogP contribution in [0.2, 0.25) is 0 Å². The van der Waals surface area contributed by atoms with Crippen molar-refractivity contribution in [1.82, 2.24) is 15.3 Å². The van der Waals surface area contributed by atoms with Gasteiger partial charge in [0.1, 0.15) is 5.82 Å². The van der Waals surface area contributed by atoms with E-state index < -0.39 is 0 Å². The molecular formula is C12H18N4O. The molecule has 5 heteroatoms. The number of hydrogen-bond donors (Lipinski definition) is 2. The molecule has 0 fully saturated rings. The lowest BCUT2D eigenvalue weighted by Gasteiger charge is -2.16. The summed E-state index contributed by atoms with van der Waals surface area (Å²) in [6.45, 7) is 10.0. The van der Waals surface area contributed by atoms with Crippen molar-refractivity contribution in [2.45, 2.75) is 26.2 Å². The average Bonchev–Trinajstić information content (AvgIpc) is 2.26. The van der Waals surface area contributed by atoms with Gasteiger partial charge in [-0.1, -0.05) is 26.8 Å². The van der Waals surface area contributed by atoms with Crippen LogP contribution in [0, 0.1) is 0 Å². The summed E-state index contributed by atoms with van der Waals surface area (Å²) in [5.41, 5.74) is 0.475. The molecule has 2 amide bonds. The van der Waals surface area contributed by atoms with Crippen molar-refractivity contribution in [3.63, 3.8) is 0 Å². The van der Waals surface area contributed by atoms with Gasteiger partial charge in [-0.3, -0.25) is 0 Å². The SMILES string of the molecule is C=CCNC(=O)Nc1cnc(C(C)(C)C)nc1. The van der Waals surface area contributed by atoms with Crippen LogP contribution in [0.1, 0.15) is 26.6 Å². The van der Waals surface area contributed by atoms with Crippen LogP contribution in [-0.4, -0.2) is 22.5 Å². The number of aromatic nitrogens is 2. The third kappa shape index (κ3) is 4.22. The molecule has 0 saturated heterocycles. The summed E-state index contributed by atoms with van der Waals surface area (Å²) in [7, 11) is 0. The highest BCUT2D eigenvalue weighted by molar-refractivity contribution is 5.88. The van der Waals surface area contributed by atoms with Crippen LogP contribution < -0.4 is 10.6 Å². The Kier molecular flexibility index (Phi) is 4.20. The molecule has 1 rings (SSSR count). The third-order valence-electron chi connectivity index (χ3n) is 1.99. The zero-order chi connectivity index (χ0) is 12.9. The van der Waals surface area contributed by atoms with Crippen LogP contribution in [0.5, 0.6) is 0 Å². The first-order valence-electron chi connectivity index (χ1n) is 5.42. The highest BCUT2D eigenvalue weighted by atomic mass is 16.2. The van der Waals surface area contributed by atoms with E-state index in [-0.39, 0.29) is 11.4 Å². The molecule has 1 aromatic heterocycles. The van der Waals surface area contributed by atoms with Crippen LogP contribution in [0.3, 0.4) is 0 Å². The van der Waals surface area contributed by atoms with Crippen LogP contribution in [-0.2, 0) is 5.41 Å². The Labute approximate surface area is 101 Å². The van der Waals surface area contributed by atoms with E-state index in [1.807, 2.05) is 20.8 Å². The molecule has 0 bridgehead atoms. The molecular weight excluding hydrogens is 216 g/mol. The summed E-state index contributed by atoms with van der Waals surface area (Å²) in [6, 6.07) is -0.294. The summed E-state index contributed by atoms with van der Waals surface area (Å²) in [5, 5.41) is 5.23. The molecule has 0 aliphatic carbocycles. The normalized spacial score (nSPS) is 10.8. The lowest BCUT2D eigenvalue weighted by atomic mass is 9.96. The zero-order valence-electron chi connectivity index (χ0n) is 10.4. The fourth-order valence-electron chi connectivity index (χ4n) is 1.12. The van der Waals surface area contributed by atoms with Crippen molar-refractivity contribution in [1.29, 1.82) is 0 Å². The number of amides is 2. The minimum atomic E-state index is -0.294. The van der Waals surface area contributed by atoms with Gasteiger partial charge in [0.15, 0.2) is 0 Å². The van der Waals surface area contributed by atoms with Crippen molar-refractivity contribution < 1.29 is 4.79 Å². The number of anilines is 1. The maximum Gasteiger partial charge on any atom is 0.319 e. The molecule has 0 radical (unpaired) electrons. The second-order valence-electron chi connectivity index (χ2n) is 4.67. The molecule has 0 atom stereocenters. The fraction of sp³-hybridized carbons (Fsp3) is 0.417. The molecule has 5 nitrogen and oxygen atoms in total. The molecule has 0 spiro atoms. The van der Waals surface area contributed by atoms with Gasteiger partial charge in [0.25, 0.3) is 0 Å². The Morgan fingerprint density at radius 2 is 2.00 bits per heavy atom. The Balaban J connectivity index is 2.62. The van der Waals surface area contributed by atoms with Gasteiger partial charge in [-0.25, -0.2) is 14.8 Å². The van der Waals surface area contributed by atoms with Gasteiger partial charge in [0, 0.05) is 12.0 Å². The number of rotatable bonds is 3. The first kappa shape index (κ1) is 13.2. The Morgan fingerprint density at radius 1 is 1.41 bits per heavy atom. The Morgan fingerprint density at radius 3 is 2.47 bits per heavy atom. The van der Waals surface area contributed by atoms with Crippen LogP contribution in [0.25, 0.3) is 0 Å². The quantitative estimate of drug-likeness (QED) is 0.787. The predicted molar refractivity (Wildman–Crippen MR) is 68.0 cm³/mol. The van der Waals surface area contributed by atoms with Crippen molar-refractivity contribution >= 4 is 11.7 Å². The summed E-state index contributed by atoms with van der Waals surface area (Å²) in [5.74, 6) is 0.745. The van der Waals surface area contributed by atoms with E-state index in [0.29, 0.717) is 12.2 Å². The van der Waals surface area contributed by atoms with Crippen molar-refractivity contribution in [2.75, 3.05) is 11.9 Å². The third-order valence-corrected chi connectivity index (χ3v) is 1.99. The summed E-state index contributed by atoms with van der Waals surface area (Å²) in [6.07, 6.45) is 4.81. The van der Waals surface area contributed by atoms with Crippen molar-refractivity contribution in [3.05, 3.63) is 30.9 Å². The Bertz CT molecular complexity index is 392. The van der Waals surface area contributed by atoms with Gasteiger partial charge >= 0.3 is 6.03 Å². The minimum absolute atomic E-state index is 0.0936. The van der Waals surface area contributed by atoms with Gasteiger partial charge in [-0.15, -0.1) is 6.58 Å². The van der Waals surface area contributed by atoms with E-state index in [4.69, 9.17) is 0 Å². The van der Waals surface area contributed by atoms with E-state index in [2.05, 4.69) is 27.2 Å². The summed E-state index contributed by atoms with van der Waals surface area (Å²) < 4.78 is 0.